The standard InChI is InChI=1S/C40H70N2O12/c1-14-16-17-42(12)27-18-22(4)51-37(32(27)43)54-35-23(5)30(28-20-39(10,50-13)34(45)26(8)52-28)24(6)36(46)53-29(15-2)40(11,48)33(44)25(7)31(41-49)21(3)19-38(35,9)47/h1,21-30,32-35,37,43-45,47-49H,15-20H2,2-13H3/b41-31+/t21-,22?,23+,24?,25?,26?,27?,28?,29?,30+,32-,33?,34+,35-,37?,38-,39-,40-/m1/s1. The number of likely N-dealkylation sites (N-methyl/N-ethyl adjacent to an activating group) is 1. The van der Waals surface area contributed by atoms with Crippen molar-refractivity contribution in [2.24, 2.45) is 34.7 Å². The highest BCUT2D eigenvalue weighted by Gasteiger charge is 2.55. The molecule has 54 heavy (non-hydrogen) atoms. The van der Waals surface area contributed by atoms with Gasteiger partial charge in [0.1, 0.15) is 23.9 Å². The van der Waals surface area contributed by atoms with Crippen LogP contribution in [0.3, 0.4) is 0 Å². The second kappa shape index (κ2) is 18.6. The van der Waals surface area contributed by atoms with Crippen LogP contribution in [0.25, 0.3) is 0 Å². The molecule has 6 N–H and O–H groups in total. The molecule has 0 aromatic carbocycles. The molecule has 14 heteroatoms. The van der Waals surface area contributed by atoms with E-state index in [9.17, 15) is 35.5 Å². The molecule has 9 unspecified atom stereocenters. The molecule has 3 heterocycles. The summed E-state index contributed by atoms with van der Waals surface area (Å²) in [5.41, 5.74) is -4.65. The molecular formula is C40H70N2O12. The Labute approximate surface area is 322 Å². The van der Waals surface area contributed by atoms with Gasteiger partial charge in [-0.05, 0) is 66.8 Å². The first-order valence-corrected chi connectivity index (χ1v) is 19.6. The van der Waals surface area contributed by atoms with Gasteiger partial charge in [-0.2, -0.15) is 0 Å². The number of nitrogens with zero attached hydrogens (tertiary/aromatic N) is 2. The number of hydrogen-bond acceptors (Lipinski definition) is 14. The van der Waals surface area contributed by atoms with E-state index >= 15 is 0 Å². The van der Waals surface area contributed by atoms with Crippen molar-refractivity contribution in [3.05, 3.63) is 0 Å². The molecule has 0 spiro atoms. The minimum Gasteiger partial charge on any atom is -0.459 e. The summed E-state index contributed by atoms with van der Waals surface area (Å²) in [4.78, 5) is 16.3. The summed E-state index contributed by atoms with van der Waals surface area (Å²) in [6.45, 7) is 17.5. The number of cyclic esters (lactones) is 1. The maximum absolute atomic E-state index is 14.3. The number of aliphatic hydroxyl groups excluding tert-OH is 3. The second-order valence-corrected chi connectivity index (χ2v) is 17.2. The summed E-state index contributed by atoms with van der Waals surface area (Å²) < 4.78 is 31.4. The molecule has 0 radical (unpaired) electrons. The van der Waals surface area contributed by atoms with Crippen molar-refractivity contribution >= 4 is 11.7 Å². The third kappa shape index (κ3) is 9.79. The molecular weight excluding hydrogens is 700 g/mol. The van der Waals surface area contributed by atoms with E-state index in [2.05, 4.69) is 11.1 Å². The maximum atomic E-state index is 14.3. The third-order valence-electron chi connectivity index (χ3n) is 12.8. The predicted molar refractivity (Wildman–Crippen MR) is 201 cm³/mol. The Morgan fingerprint density at radius 3 is 2.19 bits per heavy atom. The molecule has 0 aliphatic carbocycles. The third-order valence-corrected chi connectivity index (χ3v) is 12.8. The normalized spacial score (nSPS) is 48.2. The van der Waals surface area contributed by atoms with E-state index in [-0.39, 0.29) is 37.1 Å². The van der Waals surface area contributed by atoms with Gasteiger partial charge in [0.25, 0.3) is 0 Å². The lowest BCUT2D eigenvalue weighted by Gasteiger charge is -2.51. The van der Waals surface area contributed by atoms with Crippen LogP contribution >= 0.6 is 0 Å². The zero-order valence-electron chi connectivity index (χ0n) is 34.5. The van der Waals surface area contributed by atoms with Crippen LogP contribution in [0.2, 0.25) is 0 Å². The number of ether oxygens (including phenoxy) is 5. The minimum absolute atomic E-state index is 0.0519. The number of oxime groups is 1. The molecule has 0 aromatic rings. The number of esters is 1. The highest BCUT2D eigenvalue weighted by Crippen LogP contribution is 2.45. The summed E-state index contributed by atoms with van der Waals surface area (Å²) in [7, 11) is 3.38. The number of terminal acetylenes is 1. The molecule has 0 saturated carbocycles. The molecule has 3 aliphatic rings. The lowest BCUT2D eigenvalue weighted by Crippen LogP contribution is -2.62. The zero-order chi connectivity index (χ0) is 41.1. The molecule has 3 rings (SSSR count). The van der Waals surface area contributed by atoms with Gasteiger partial charge < -0.3 is 54.4 Å². The van der Waals surface area contributed by atoms with E-state index in [1.54, 1.807) is 48.5 Å². The van der Waals surface area contributed by atoms with Gasteiger partial charge in [-0.25, -0.2) is 0 Å². The summed E-state index contributed by atoms with van der Waals surface area (Å²) in [5, 5.41) is 72.7. The first kappa shape index (κ1) is 46.5. The van der Waals surface area contributed by atoms with Gasteiger partial charge in [0.05, 0.1) is 53.4 Å². The Hall–Kier alpha value is -1.90. The van der Waals surface area contributed by atoms with Gasteiger partial charge >= 0.3 is 5.97 Å². The molecule has 0 bridgehead atoms. The van der Waals surface area contributed by atoms with E-state index in [0.29, 0.717) is 19.4 Å². The van der Waals surface area contributed by atoms with E-state index in [1.165, 1.54) is 14.0 Å². The van der Waals surface area contributed by atoms with Crippen LogP contribution in [0.5, 0.6) is 0 Å². The van der Waals surface area contributed by atoms with Gasteiger partial charge in [-0.3, -0.25) is 9.69 Å². The van der Waals surface area contributed by atoms with Crippen molar-refractivity contribution in [3.8, 4) is 12.3 Å². The Balaban J connectivity index is 2.25. The highest BCUT2D eigenvalue weighted by molar-refractivity contribution is 5.88. The maximum Gasteiger partial charge on any atom is 0.309 e. The summed E-state index contributed by atoms with van der Waals surface area (Å²) in [5.74, 6) is -2.06. The van der Waals surface area contributed by atoms with Crippen LogP contribution in [0.1, 0.15) is 101 Å². The molecule has 0 amide bonds. The van der Waals surface area contributed by atoms with Crippen LogP contribution < -0.4 is 0 Å². The van der Waals surface area contributed by atoms with Crippen molar-refractivity contribution in [2.45, 2.75) is 179 Å². The van der Waals surface area contributed by atoms with Crippen molar-refractivity contribution < 1.29 is 59.2 Å². The number of aliphatic hydroxyl groups is 5. The fourth-order valence-electron chi connectivity index (χ4n) is 9.49. The molecule has 14 nitrogen and oxygen atoms in total. The number of hydrogen-bond donors (Lipinski definition) is 6. The second-order valence-electron chi connectivity index (χ2n) is 17.2. The van der Waals surface area contributed by atoms with Crippen LogP contribution in [-0.4, -0.2) is 146 Å². The Morgan fingerprint density at radius 2 is 1.63 bits per heavy atom. The van der Waals surface area contributed by atoms with Gasteiger partial charge in [0.2, 0.25) is 0 Å². The quantitative estimate of drug-likeness (QED) is 0.0913. The molecule has 3 fully saturated rings. The van der Waals surface area contributed by atoms with Crippen molar-refractivity contribution in [1.82, 2.24) is 4.90 Å². The molecule has 18 atom stereocenters. The number of methoxy groups -OCH3 is 1. The lowest BCUT2D eigenvalue weighted by atomic mass is 9.67. The zero-order valence-corrected chi connectivity index (χ0v) is 34.5. The van der Waals surface area contributed by atoms with Gasteiger partial charge in [0.15, 0.2) is 6.29 Å². The topological polar surface area (TPSA) is 200 Å². The number of rotatable bonds is 8. The van der Waals surface area contributed by atoms with Gasteiger partial charge in [-0.15, -0.1) is 12.3 Å². The highest BCUT2D eigenvalue weighted by atomic mass is 16.7. The largest absolute Gasteiger partial charge is 0.459 e. The Kier molecular flexibility index (Phi) is 16.0. The summed E-state index contributed by atoms with van der Waals surface area (Å²) in [6, 6.07) is -0.379. The minimum atomic E-state index is -1.96. The average Bonchev–Trinajstić information content (AvgIpc) is 3.10. The number of carbonyl (C=O) groups excluding carboxylic acids is 1. The van der Waals surface area contributed by atoms with E-state index in [1.807, 2.05) is 25.8 Å². The average molecular weight is 771 g/mol. The smallest absolute Gasteiger partial charge is 0.309 e. The Bertz CT molecular complexity index is 1310. The number of carbonyl (C=O) groups is 1. The molecule has 312 valence electrons. The van der Waals surface area contributed by atoms with Crippen molar-refractivity contribution in [2.75, 3.05) is 20.7 Å². The SMILES string of the molecule is C#CCCN(C)C1CC(C)OC(O[C@@H]2[C@@H](C)[C@H](C3C[C@@](C)(OC)[C@@H](O)C(C)O3)C(C)C(=O)OC(CC)[C@@](C)(O)C(O)C(C)/C(=N/O)[C@H](C)C[C@@]2(C)O)[C@@H]1O. The summed E-state index contributed by atoms with van der Waals surface area (Å²) >= 11 is 0. The van der Waals surface area contributed by atoms with Gasteiger partial charge in [0, 0.05) is 50.3 Å². The lowest BCUT2D eigenvalue weighted by molar-refractivity contribution is -0.302. The molecule has 3 saturated heterocycles. The first-order valence-electron chi connectivity index (χ1n) is 19.6. The fourth-order valence-corrected chi connectivity index (χ4v) is 9.49. The predicted octanol–water partition coefficient (Wildman–Crippen LogP) is 2.71. The van der Waals surface area contributed by atoms with Crippen LogP contribution in [-0.2, 0) is 28.5 Å². The van der Waals surface area contributed by atoms with E-state index < -0.39 is 101 Å². The van der Waals surface area contributed by atoms with Crippen LogP contribution in [0, 0.1) is 41.9 Å². The fraction of sp³-hybridized carbons (Fsp3) is 0.900. The Morgan fingerprint density at radius 1 is 1.00 bits per heavy atom. The van der Waals surface area contributed by atoms with E-state index in [4.69, 9.17) is 30.1 Å². The van der Waals surface area contributed by atoms with Crippen molar-refractivity contribution in [1.29, 1.82) is 0 Å². The molecule has 0 aromatic heterocycles. The summed E-state index contributed by atoms with van der Waals surface area (Å²) in [6.07, 6.45) is -2.14. The first-order chi connectivity index (χ1) is 25.0. The van der Waals surface area contributed by atoms with E-state index in [0.717, 1.165) is 0 Å². The van der Waals surface area contributed by atoms with Crippen molar-refractivity contribution in [3.63, 3.8) is 0 Å². The monoisotopic (exact) mass is 770 g/mol. The van der Waals surface area contributed by atoms with Crippen LogP contribution in [0.15, 0.2) is 5.16 Å². The van der Waals surface area contributed by atoms with Crippen LogP contribution in [0.4, 0.5) is 0 Å². The van der Waals surface area contributed by atoms with Gasteiger partial charge in [-0.1, -0.05) is 39.8 Å². The molecule has 3 aliphatic heterocycles.